The fraction of sp³-hybridized carbons (Fsp3) is 0.450. The summed E-state index contributed by atoms with van der Waals surface area (Å²) in [4.78, 5) is 6.23. The fourth-order valence-electron chi connectivity index (χ4n) is 4.63. The Bertz CT molecular complexity index is 734. The van der Waals surface area contributed by atoms with Gasteiger partial charge in [-0.3, -0.25) is 9.88 Å². The molecule has 0 spiro atoms. The molecule has 0 radical (unpaired) electrons. The number of aliphatic hydroxyl groups is 1. The molecule has 1 aliphatic heterocycles. The molecule has 1 N–H and O–H groups in total. The van der Waals surface area contributed by atoms with Crippen LogP contribution in [0.15, 0.2) is 42.7 Å². The Labute approximate surface area is 146 Å². The Kier molecular flexibility index (Phi) is 4.29. The number of halogens is 2. The highest BCUT2D eigenvalue weighted by Gasteiger charge is 2.49. The minimum absolute atomic E-state index is 0.0697. The van der Waals surface area contributed by atoms with Crippen molar-refractivity contribution in [2.24, 2.45) is 11.8 Å². The number of nitrogens with zero attached hydrogens (tertiary/aromatic N) is 2. The third kappa shape index (κ3) is 2.96. The highest BCUT2D eigenvalue weighted by molar-refractivity contribution is 5.23. The lowest BCUT2D eigenvalue weighted by molar-refractivity contribution is -0.0651. The minimum atomic E-state index is -0.903. The first-order valence-corrected chi connectivity index (χ1v) is 8.86. The fourth-order valence-corrected chi connectivity index (χ4v) is 4.63. The zero-order valence-corrected chi connectivity index (χ0v) is 14.0. The Balaban J connectivity index is 1.57. The molecule has 0 amide bonds. The van der Waals surface area contributed by atoms with E-state index in [4.69, 9.17) is 0 Å². The molecule has 4 rings (SSSR count). The van der Waals surface area contributed by atoms with Crippen molar-refractivity contribution >= 4 is 0 Å². The number of rotatable bonds is 3. The third-order valence-electron chi connectivity index (χ3n) is 5.87. The average Bonchev–Trinajstić information content (AvgIpc) is 3.04. The number of pyridine rings is 1. The lowest BCUT2D eigenvalue weighted by Gasteiger charge is -2.41. The molecule has 2 aromatic rings. The molecule has 25 heavy (non-hydrogen) atoms. The molecule has 2 fully saturated rings. The smallest absolute Gasteiger partial charge is 0.130 e. The van der Waals surface area contributed by atoms with Gasteiger partial charge in [0.1, 0.15) is 11.6 Å². The van der Waals surface area contributed by atoms with Gasteiger partial charge in [0.05, 0.1) is 5.60 Å². The Morgan fingerprint density at radius 3 is 2.68 bits per heavy atom. The average molecular weight is 344 g/mol. The van der Waals surface area contributed by atoms with Crippen molar-refractivity contribution in [3.05, 3.63) is 65.5 Å². The van der Waals surface area contributed by atoms with Gasteiger partial charge in [-0.1, -0.05) is 12.1 Å². The molecule has 132 valence electrons. The van der Waals surface area contributed by atoms with Crippen molar-refractivity contribution in [2.45, 2.75) is 31.4 Å². The normalized spacial score (nSPS) is 29.6. The zero-order valence-electron chi connectivity index (χ0n) is 14.0. The standard InChI is InChI=1S/C20H22F2N2O/c21-18-6-1-7-19(22)16(18)12-24-11-14-4-2-8-20(25,17(14)13-24)15-5-3-9-23-10-15/h1,3,5-7,9-10,14,17,25H,2,4,8,11-13H2/t14-,17+,20-/m0/s1. The largest absolute Gasteiger partial charge is 0.385 e. The summed E-state index contributed by atoms with van der Waals surface area (Å²) in [6.07, 6.45) is 6.15. The van der Waals surface area contributed by atoms with Gasteiger partial charge in [0, 0.05) is 49.1 Å². The number of fused-ring (bicyclic) bond motifs is 1. The third-order valence-corrected chi connectivity index (χ3v) is 5.87. The maximum absolute atomic E-state index is 14.0. The van der Waals surface area contributed by atoms with E-state index in [-0.39, 0.29) is 18.0 Å². The first kappa shape index (κ1) is 16.6. The van der Waals surface area contributed by atoms with E-state index in [2.05, 4.69) is 9.88 Å². The van der Waals surface area contributed by atoms with Crippen molar-refractivity contribution in [3.63, 3.8) is 0 Å². The number of hydrogen-bond acceptors (Lipinski definition) is 3. The van der Waals surface area contributed by atoms with Crippen LogP contribution in [-0.4, -0.2) is 28.1 Å². The molecule has 2 aliphatic rings. The second-order valence-electron chi connectivity index (χ2n) is 7.32. The SMILES string of the molecule is O[C@]1(c2cccnc2)CCC[C@H]2CN(Cc3c(F)cccc3F)C[C@H]21. The molecule has 0 unspecified atom stereocenters. The lowest BCUT2D eigenvalue weighted by atomic mass is 9.68. The van der Waals surface area contributed by atoms with Gasteiger partial charge >= 0.3 is 0 Å². The van der Waals surface area contributed by atoms with Crippen LogP contribution >= 0.6 is 0 Å². The van der Waals surface area contributed by atoms with Crippen molar-refractivity contribution in [1.29, 1.82) is 0 Å². The summed E-state index contributed by atoms with van der Waals surface area (Å²) in [7, 11) is 0. The van der Waals surface area contributed by atoms with E-state index in [0.717, 1.165) is 24.9 Å². The Morgan fingerprint density at radius 1 is 1.16 bits per heavy atom. The van der Waals surface area contributed by atoms with E-state index in [1.165, 1.54) is 18.2 Å². The van der Waals surface area contributed by atoms with Crippen LogP contribution in [0.4, 0.5) is 8.78 Å². The van der Waals surface area contributed by atoms with Gasteiger partial charge in [-0.05, 0) is 43.4 Å². The van der Waals surface area contributed by atoms with Gasteiger partial charge in [0.2, 0.25) is 0 Å². The van der Waals surface area contributed by atoms with E-state index in [9.17, 15) is 13.9 Å². The van der Waals surface area contributed by atoms with Crippen LogP contribution in [0.5, 0.6) is 0 Å². The Hall–Kier alpha value is -1.85. The van der Waals surface area contributed by atoms with Crippen LogP contribution in [0.25, 0.3) is 0 Å². The minimum Gasteiger partial charge on any atom is -0.385 e. The first-order chi connectivity index (χ1) is 12.1. The second kappa shape index (κ2) is 6.46. The lowest BCUT2D eigenvalue weighted by Crippen LogP contribution is -2.42. The molecule has 3 atom stereocenters. The zero-order chi connectivity index (χ0) is 17.4. The number of benzene rings is 1. The Morgan fingerprint density at radius 2 is 1.96 bits per heavy atom. The van der Waals surface area contributed by atoms with E-state index in [1.54, 1.807) is 12.4 Å². The highest BCUT2D eigenvalue weighted by atomic mass is 19.1. The molecule has 1 saturated carbocycles. The number of aromatic nitrogens is 1. The van der Waals surface area contributed by atoms with Crippen molar-refractivity contribution in [1.82, 2.24) is 9.88 Å². The van der Waals surface area contributed by atoms with Crippen LogP contribution in [0, 0.1) is 23.5 Å². The van der Waals surface area contributed by atoms with Crippen LogP contribution < -0.4 is 0 Å². The van der Waals surface area contributed by atoms with Gasteiger partial charge in [-0.15, -0.1) is 0 Å². The molecule has 0 bridgehead atoms. The molecule has 1 aromatic carbocycles. The van der Waals surface area contributed by atoms with Gasteiger partial charge in [0.15, 0.2) is 0 Å². The van der Waals surface area contributed by atoms with E-state index in [0.29, 0.717) is 18.9 Å². The van der Waals surface area contributed by atoms with E-state index < -0.39 is 17.2 Å². The van der Waals surface area contributed by atoms with Gasteiger partial charge < -0.3 is 5.11 Å². The van der Waals surface area contributed by atoms with Crippen LogP contribution in [-0.2, 0) is 12.1 Å². The van der Waals surface area contributed by atoms with E-state index in [1.807, 2.05) is 12.1 Å². The number of likely N-dealkylation sites (tertiary alicyclic amines) is 1. The monoisotopic (exact) mass is 344 g/mol. The van der Waals surface area contributed by atoms with Crippen LogP contribution in [0.2, 0.25) is 0 Å². The summed E-state index contributed by atoms with van der Waals surface area (Å²) in [6, 6.07) is 7.76. The van der Waals surface area contributed by atoms with Crippen molar-refractivity contribution in [2.75, 3.05) is 13.1 Å². The molecular formula is C20H22F2N2O. The highest BCUT2D eigenvalue weighted by Crippen LogP contribution is 2.48. The molecular weight excluding hydrogens is 322 g/mol. The molecule has 1 aromatic heterocycles. The summed E-state index contributed by atoms with van der Waals surface area (Å²) in [5, 5.41) is 11.4. The predicted molar refractivity (Wildman–Crippen MR) is 90.6 cm³/mol. The van der Waals surface area contributed by atoms with Gasteiger partial charge in [-0.2, -0.15) is 0 Å². The molecule has 2 heterocycles. The van der Waals surface area contributed by atoms with Gasteiger partial charge in [-0.25, -0.2) is 8.78 Å². The number of hydrogen-bond donors (Lipinski definition) is 1. The topological polar surface area (TPSA) is 36.4 Å². The maximum Gasteiger partial charge on any atom is 0.130 e. The molecule has 3 nitrogen and oxygen atoms in total. The molecule has 1 aliphatic carbocycles. The molecule has 5 heteroatoms. The summed E-state index contributed by atoms with van der Waals surface area (Å²) >= 11 is 0. The maximum atomic E-state index is 14.0. The molecule has 1 saturated heterocycles. The van der Waals surface area contributed by atoms with Crippen molar-refractivity contribution in [3.8, 4) is 0 Å². The van der Waals surface area contributed by atoms with Crippen LogP contribution in [0.3, 0.4) is 0 Å². The summed E-state index contributed by atoms with van der Waals surface area (Å²) in [6.45, 7) is 1.65. The van der Waals surface area contributed by atoms with E-state index >= 15 is 0 Å². The quantitative estimate of drug-likeness (QED) is 0.926. The van der Waals surface area contributed by atoms with Crippen LogP contribution in [0.1, 0.15) is 30.4 Å². The first-order valence-electron chi connectivity index (χ1n) is 8.86. The summed E-state index contributed by atoms with van der Waals surface area (Å²) in [5.41, 5.74) is 0.0642. The predicted octanol–water partition coefficient (Wildman–Crippen LogP) is 3.48. The second-order valence-corrected chi connectivity index (χ2v) is 7.32. The summed E-state index contributed by atoms with van der Waals surface area (Å²) < 4.78 is 27.9. The van der Waals surface area contributed by atoms with Crippen molar-refractivity contribution < 1.29 is 13.9 Å². The summed E-state index contributed by atoms with van der Waals surface area (Å²) in [5.74, 6) is -0.594. The van der Waals surface area contributed by atoms with Gasteiger partial charge in [0.25, 0.3) is 0 Å².